The fourth-order valence-corrected chi connectivity index (χ4v) is 6.29. The molecule has 0 bridgehead atoms. The van der Waals surface area contributed by atoms with Crippen LogP contribution in [0.4, 0.5) is 5.69 Å². The Morgan fingerprint density at radius 2 is 1.93 bits per heavy atom. The van der Waals surface area contributed by atoms with Crippen molar-refractivity contribution >= 4 is 56.7 Å². The summed E-state index contributed by atoms with van der Waals surface area (Å²) in [5.74, 6) is 2.03. The molecule has 5 rings (SSSR count). The van der Waals surface area contributed by atoms with Gasteiger partial charge in [0, 0.05) is 19.3 Å². The van der Waals surface area contributed by atoms with Gasteiger partial charge in [0.2, 0.25) is 5.91 Å². The summed E-state index contributed by atoms with van der Waals surface area (Å²) in [6.45, 7) is 0.752. The summed E-state index contributed by atoms with van der Waals surface area (Å²) in [7, 11) is 1.95. The van der Waals surface area contributed by atoms with Crippen LogP contribution in [0.25, 0.3) is 10.2 Å². The molecule has 9 heteroatoms. The summed E-state index contributed by atoms with van der Waals surface area (Å²) in [6, 6.07) is 16.3. The van der Waals surface area contributed by atoms with Crippen LogP contribution >= 0.6 is 34.9 Å². The zero-order chi connectivity index (χ0) is 20.5. The van der Waals surface area contributed by atoms with Crippen molar-refractivity contribution in [3.05, 3.63) is 59.9 Å². The minimum Gasteiger partial charge on any atom is -0.311 e. The lowest BCUT2D eigenvalue weighted by molar-refractivity contribution is -0.116. The number of thiazole rings is 1. The van der Waals surface area contributed by atoms with Gasteiger partial charge in [-0.3, -0.25) is 4.79 Å². The van der Waals surface area contributed by atoms with Crippen LogP contribution in [-0.2, 0) is 24.0 Å². The molecule has 6 nitrogen and oxygen atoms in total. The van der Waals surface area contributed by atoms with Gasteiger partial charge in [0.15, 0.2) is 9.50 Å². The highest BCUT2D eigenvalue weighted by Gasteiger charge is 2.24. The van der Waals surface area contributed by atoms with Gasteiger partial charge >= 0.3 is 0 Å². The molecule has 4 aromatic rings. The smallest absolute Gasteiger partial charge is 0.237 e. The normalized spacial score (nSPS) is 13.2. The summed E-state index contributed by atoms with van der Waals surface area (Å²) in [4.78, 5) is 19.3. The molecule has 3 heterocycles. The van der Waals surface area contributed by atoms with Crippen molar-refractivity contribution in [3.8, 4) is 0 Å². The van der Waals surface area contributed by atoms with Crippen molar-refractivity contribution in [2.24, 2.45) is 7.05 Å². The van der Waals surface area contributed by atoms with Crippen LogP contribution < -0.4 is 4.90 Å². The van der Waals surface area contributed by atoms with Crippen LogP contribution in [0.2, 0.25) is 0 Å². The lowest BCUT2D eigenvalue weighted by Gasteiger charge is -2.16. The first kappa shape index (κ1) is 19.6. The van der Waals surface area contributed by atoms with Crippen LogP contribution in [0.15, 0.2) is 58.0 Å². The van der Waals surface area contributed by atoms with Crippen LogP contribution in [0.5, 0.6) is 0 Å². The Labute approximate surface area is 186 Å². The molecule has 30 heavy (non-hydrogen) atoms. The first-order chi connectivity index (χ1) is 14.7. The quantitative estimate of drug-likeness (QED) is 0.403. The van der Waals surface area contributed by atoms with Gasteiger partial charge in [0.05, 0.1) is 21.7 Å². The van der Waals surface area contributed by atoms with E-state index in [4.69, 9.17) is 0 Å². The third-order valence-corrected chi connectivity index (χ3v) is 8.22. The SMILES string of the molecule is Cn1c(CSc2nc3ccccc3s2)nnc1SCC(=O)N1CCc2ccccc21. The molecule has 2 aromatic heterocycles. The molecule has 1 amide bonds. The van der Waals surface area contributed by atoms with Crippen molar-refractivity contribution in [3.63, 3.8) is 0 Å². The van der Waals surface area contributed by atoms with Crippen LogP contribution in [-0.4, -0.2) is 38.0 Å². The molecule has 152 valence electrons. The van der Waals surface area contributed by atoms with E-state index in [1.54, 1.807) is 23.1 Å². The fourth-order valence-electron chi connectivity index (χ4n) is 3.44. The van der Waals surface area contributed by atoms with Gasteiger partial charge in [0.25, 0.3) is 0 Å². The topological polar surface area (TPSA) is 63.9 Å². The standard InChI is InChI=1S/C21H19N5OS3/c1-25-18(12-29-21-22-15-7-3-5-9-17(15)30-21)23-24-20(25)28-13-19(27)26-11-10-14-6-2-4-8-16(14)26/h2-9H,10-13H2,1H3. The van der Waals surface area contributed by atoms with E-state index >= 15 is 0 Å². The number of thioether (sulfide) groups is 2. The van der Waals surface area contributed by atoms with Gasteiger partial charge in [-0.15, -0.1) is 21.5 Å². The Balaban J connectivity index is 1.20. The number of hydrogen-bond acceptors (Lipinski definition) is 7. The van der Waals surface area contributed by atoms with Crippen molar-refractivity contribution < 1.29 is 4.79 Å². The van der Waals surface area contributed by atoms with Gasteiger partial charge in [-0.2, -0.15) is 0 Å². The average Bonchev–Trinajstić information content (AvgIpc) is 3.47. The van der Waals surface area contributed by atoms with E-state index in [0.717, 1.165) is 39.5 Å². The van der Waals surface area contributed by atoms with E-state index in [1.807, 2.05) is 52.9 Å². The van der Waals surface area contributed by atoms with Crippen molar-refractivity contribution in [1.29, 1.82) is 0 Å². The second-order valence-corrected chi connectivity index (χ2v) is 10.1. The van der Waals surface area contributed by atoms with E-state index in [-0.39, 0.29) is 5.91 Å². The second-order valence-electron chi connectivity index (χ2n) is 6.91. The fraction of sp³-hybridized carbons (Fsp3) is 0.238. The third-order valence-electron chi connectivity index (χ3n) is 5.04. The number of rotatable bonds is 6. The highest BCUT2D eigenvalue weighted by atomic mass is 32.2. The molecular formula is C21H19N5OS3. The van der Waals surface area contributed by atoms with Gasteiger partial charge in [-0.25, -0.2) is 4.98 Å². The van der Waals surface area contributed by atoms with Crippen molar-refractivity contribution in [2.45, 2.75) is 21.7 Å². The molecule has 0 fully saturated rings. The van der Waals surface area contributed by atoms with E-state index in [9.17, 15) is 4.79 Å². The molecule has 1 aliphatic rings. The highest BCUT2D eigenvalue weighted by molar-refractivity contribution is 8.00. The molecule has 0 N–H and O–H groups in total. The summed E-state index contributed by atoms with van der Waals surface area (Å²) in [5, 5.41) is 9.37. The Hall–Kier alpha value is -2.36. The average molecular weight is 454 g/mol. The molecule has 0 atom stereocenters. The molecule has 1 aliphatic heterocycles. The number of fused-ring (bicyclic) bond motifs is 2. The van der Waals surface area contributed by atoms with Gasteiger partial charge < -0.3 is 9.47 Å². The summed E-state index contributed by atoms with van der Waals surface area (Å²) < 4.78 is 4.18. The number of anilines is 1. The maximum absolute atomic E-state index is 12.7. The van der Waals surface area contributed by atoms with E-state index in [1.165, 1.54) is 22.0 Å². The number of benzene rings is 2. The highest BCUT2D eigenvalue weighted by Crippen LogP contribution is 2.32. The van der Waals surface area contributed by atoms with Crippen LogP contribution in [0, 0.1) is 0 Å². The van der Waals surface area contributed by atoms with E-state index < -0.39 is 0 Å². The molecule has 0 saturated heterocycles. The maximum atomic E-state index is 12.7. The summed E-state index contributed by atoms with van der Waals surface area (Å²) in [6.07, 6.45) is 0.920. The molecule has 0 unspecified atom stereocenters. The zero-order valence-electron chi connectivity index (χ0n) is 16.3. The predicted octanol–water partition coefficient (Wildman–Crippen LogP) is 4.40. The Bertz CT molecular complexity index is 1190. The summed E-state index contributed by atoms with van der Waals surface area (Å²) >= 11 is 4.79. The molecule has 0 saturated carbocycles. The van der Waals surface area contributed by atoms with Gasteiger partial charge in [0.1, 0.15) is 5.82 Å². The molecule has 0 aliphatic carbocycles. The van der Waals surface area contributed by atoms with Crippen molar-refractivity contribution in [1.82, 2.24) is 19.7 Å². The number of hydrogen-bond donors (Lipinski definition) is 0. The number of amides is 1. The molecule has 0 spiro atoms. The molecule has 2 aromatic carbocycles. The van der Waals surface area contributed by atoms with Gasteiger partial charge in [-0.1, -0.05) is 53.9 Å². The minimum absolute atomic E-state index is 0.110. The first-order valence-electron chi connectivity index (χ1n) is 9.57. The number of carbonyl (C=O) groups is 1. The van der Waals surface area contributed by atoms with E-state index in [2.05, 4.69) is 27.3 Å². The van der Waals surface area contributed by atoms with Crippen molar-refractivity contribution in [2.75, 3.05) is 17.2 Å². The van der Waals surface area contributed by atoms with Crippen LogP contribution in [0.1, 0.15) is 11.4 Å². The number of carbonyl (C=O) groups excluding carboxylic acids is 1. The van der Waals surface area contributed by atoms with E-state index in [0.29, 0.717) is 11.5 Å². The monoisotopic (exact) mass is 453 g/mol. The summed E-state index contributed by atoms with van der Waals surface area (Å²) in [5.41, 5.74) is 3.30. The molecule has 0 radical (unpaired) electrons. The minimum atomic E-state index is 0.110. The largest absolute Gasteiger partial charge is 0.311 e. The number of aromatic nitrogens is 4. The molecular weight excluding hydrogens is 434 g/mol. The first-order valence-corrected chi connectivity index (χ1v) is 12.4. The Morgan fingerprint density at radius 1 is 1.10 bits per heavy atom. The van der Waals surface area contributed by atoms with Gasteiger partial charge in [-0.05, 0) is 30.2 Å². The predicted molar refractivity (Wildman–Crippen MR) is 123 cm³/mol. The lowest BCUT2D eigenvalue weighted by Crippen LogP contribution is -2.30. The number of para-hydroxylation sites is 2. The Morgan fingerprint density at radius 3 is 2.83 bits per heavy atom. The lowest BCUT2D eigenvalue weighted by atomic mass is 10.2. The van der Waals surface area contributed by atoms with Crippen LogP contribution in [0.3, 0.4) is 0 Å². The second kappa shape index (κ2) is 8.41. The zero-order valence-corrected chi connectivity index (χ0v) is 18.8. The Kier molecular flexibility index (Phi) is 5.49. The maximum Gasteiger partial charge on any atom is 0.237 e. The third kappa shape index (κ3) is 3.84. The number of nitrogens with zero attached hydrogens (tertiary/aromatic N) is 5.